The maximum Gasteiger partial charge on any atom is 0.146 e. The van der Waals surface area contributed by atoms with Gasteiger partial charge in [0.15, 0.2) is 0 Å². The number of aryl methyl sites for hydroxylation is 1. The topological polar surface area (TPSA) is 49.8 Å². The van der Waals surface area contributed by atoms with E-state index in [1.165, 1.54) is 10.8 Å². The molecule has 232 valence electrons. The van der Waals surface area contributed by atoms with E-state index in [0.29, 0.717) is 0 Å². The van der Waals surface area contributed by atoms with E-state index < -0.39 is 0 Å². The van der Waals surface area contributed by atoms with Crippen LogP contribution < -0.4 is 4.74 Å². The zero-order chi connectivity index (χ0) is 32.5. The minimum absolute atomic E-state index is 0.743. The summed E-state index contributed by atoms with van der Waals surface area (Å²) in [4.78, 5) is 10.1. The van der Waals surface area contributed by atoms with Crippen molar-refractivity contribution in [2.24, 2.45) is 7.05 Å². The molecular weight excluding hydrogens is 603 g/mol. The molecule has 0 unspecified atom stereocenters. The van der Waals surface area contributed by atoms with Crippen LogP contribution in [-0.2, 0) is 7.05 Å². The molecule has 0 bridgehead atoms. The molecule has 4 heterocycles. The SMILES string of the molecule is Cn1c(-c2cccc(Oc3cccc(-n4c5ccccc5c5c6c7ccccc7n(-c7ccccc7)c6cnc54)c3)c2)nc2ccccc21. The monoisotopic (exact) mass is 631 g/mol. The van der Waals surface area contributed by atoms with E-state index in [9.17, 15) is 0 Å². The molecule has 0 aliphatic carbocycles. The average Bonchev–Trinajstić information content (AvgIpc) is 3.79. The Hall–Kier alpha value is -6.66. The second-order valence-electron chi connectivity index (χ2n) is 12.4. The summed E-state index contributed by atoms with van der Waals surface area (Å²) in [5.74, 6) is 2.39. The Labute approximate surface area is 281 Å². The van der Waals surface area contributed by atoms with Gasteiger partial charge in [-0.2, -0.15) is 0 Å². The van der Waals surface area contributed by atoms with Gasteiger partial charge in [0, 0.05) is 45.9 Å². The van der Waals surface area contributed by atoms with Crippen LogP contribution >= 0.6 is 0 Å². The van der Waals surface area contributed by atoms with E-state index in [1.54, 1.807) is 0 Å². The third-order valence-corrected chi connectivity index (χ3v) is 9.53. The van der Waals surface area contributed by atoms with E-state index in [0.717, 1.165) is 78.3 Å². The number of pyridine rings is 1. The fraction of sp³-hybridized carbons (Fsp3) is 0.0233. The quantitative estimate of drug-likeness (QED) is 0.190. The lowest BCUT2D eigenvalue weighted by Gasteiger charge is -2.12. The predicted octanol–water partition coefficient (Wildman–Crippen LogP) is 10.6. The molecule has 0 saturated carbocycles. The van der Waals surface area contributed by atoms with Gasteiger partial charge in [-0.25, -0.2) is 9.97 Å². The first-order valence-electron chi connectivity index (χ1n) is 16.4. The lowest BCUT2D eigenvalue weighted by atomic mass is 10.1. The molecule has 0 radical (unpaired) electrons. The van der Waals surface area contributed by atoms with E-state index in [2.05, 4.69) is 130 Å². The Bertz CT molecular complexity index is 2880. The summed E-state index contributed by atoms with van der Waals surface area (Å²) in [5.41, 5.74) is 9.40. The van der Waals surface area contributed by atoms with Gasteiger partial charge in [0.05, 0.1) is 39.5 Å². The van der Waals surface area contributed by atoms with Gasteiger partial charge in [-0.15, -0.1) is 0 Å². The number of fused-ring (bicyclic) bond motifs is 8. The number of nitrogens with zero attached hydrogens (tertiary/aromatic N) is 5. The summed E-state index contributed by atoms with van der Waals surface area (Å²) in [6.45, 7) is 0. The number of hydrogen-bond donors (Lipinski definition) is 0. The first-order valence-corrected chi connectivity index (χ1v) is 16.4. The Balaban J connectivity index is 1.12. The Morgan fingerprint density at radius 1 is 0.510 bits per heavy atom. The van der Waals surface area contributed by atoms with Crippen LogP contribution in [0.25, 0.3) is 77.5 Å². The van der Waals surface area contributed by atoms with Crippen molar-refractivity contribution in [3.8, 4) is 34.3 Å². The Morgan fingerprint density at radius 3 is 1.94 bits per heavy atom. The summed E-state index contributed by atoms with van der Waals surface area (Å²) < 4.78 is 13.2. The fourth-order valence-electron chi connectivity index (χ4n) is 7.40. The molecular formula is C43H29N5O. The Morgan fingerprint density at radius 2 is 1.14 bits per heavy atom. The van der Waals surface area contributed by atoms with Crippen LogP contribution in [0.5, 0.6) is 11.5 Å². The molecule has 49 heavy (non-hydrogen) atoms. The maximum absolute atomic E-state index is 6.52. The number of ether oxygens (including phenoxy) is 1. The highest BCUT2D eigenvalue weighted by Gasteiger charge is 2.21. The smallest absolute Gasteiger partial charge is 0.146 e. The molecule has 0 aliphatic rings. The first-order chi connectivity index (χ1) is 24.2. The molecule has 10 rings (SSSR count). The first kappa shape index (κ1) is 27.5. The zero-order valence-electron chi connectivity index (χ0n) is 26.7. The van der Waals surface area contributed by atoms with Gasteiger partial charge in [0.25, 0.3) is 0 Å². The van der Waals surface area contributed by atoms with Gasteiger partial charge >= 0.3 is 0 Å². The summed E-state index contributed by atoms with van der Waals surface area (Å²) in [5, 5.41) is 4.70. The number of rotatable bonds is 5. The highest BCUT2D eigenvalue weighted by atomic mass is 16.5. The van der Waals surface area contributed by atoms with Crippen molar-refractivity contribution >= 4 is 54.8 Å². The van der Waals surface area contributed by atoms with E-state index in [1.807, 2.05) is 48.7 Å². The number of benzene rings is 6. The van der Waals surface area contributed by atoms with Crippen molar-refractivity contribution in [3.05, 3.63) is 158 Å². The predicted molar refractivity (Wildman–Crippen MR) is 199 cm³/mol. The van der Waals surface area contributed by atoms with Gasteiger partial charge in [0.2, 0.25) is 0 Å². The molecule has 6 nitrogen and oxygen atoms in total. The molecule has 0 amide bonds. The second kappa shape index (κ2) is 10.7. The van der Waals surface area contributed by atoms with Crippen LogP contribution in [0.2, 0.25) is 0 Å². The van der Waals surface area contributed by atoms with Gasteiger partial charge in [-0.1, -0.05) is 84.9 Å². The van der Waals surface area contributed by atoms with Crippen LogP contribution in [0.1, 0.15) is 0 Å². The normalized spacial score (nSPS) is 11.8. The van der Waals surface area contributed by atoms with E-state index in [4.69, 9.17) is 14.7 Å². The third kappa shape index (κ3) is 4.21. The summed E-state index contributed by atoms with van der Waals surface area (Å²) in [6, 6.07) is 52.3. The van der Waals surface area contributed by atoms with Crippen molar-refractivity contribution < 1.29 is 4.74 Å². The third-order valence-electron chi connectivity index (χ3n) is 9.53. The van der Waals surface area contributed by atoms with Crippen LogP contribution in [0.3, 0.4) is 0 Å². The molecule has 6 heteroatoms. The molecule has 10 aromatic rings. The molecule has 4 aromatic heterocycles. The molecule has 0 atom stereocenters. The number of aromatic nitrogens is 5. The minimum atomic E-state index is 0.743. The lowest BCUT2D eigenvalue weighted by molar-refractivity contribution is 0.482. The van der Waals surface area contributed by atoms with Gasteiger partial charge in [-0.3, -0.25) is 4.57 Å². The number of para-hydroxylation sites is 5. The molecule has 0 spiro atoms. The van der Waals surface area contributed by atoms with Gasteiger partial charge in [0.1, 0.15) is 23.0 Å². The second-order valence-corrected chi connectivity index (χ2v) is 12.4. The number of hydrogen-bond acceptors (Lipinski definition) is 3. The Kier molecular flexibility index (Phi) is 5.99. The molecule has 0 N–H and O–H groups in total. The fourth-order valence-corrected chi connectivity index (χ4v) is 7.40. The maximum atomic E-state index is 6.52. The molecule has 0 fully saturated rings. The zero-order valence-corrected chi connectivity index (χ0v) is 26.7. The summed E-state index contributed by atoms with van der Waals surface area (Å²) in [7, 11) is 2.05. The molecule has 0 saturated heterocycles. The van der Waals surface area contributed by atoms with Crippen molar-refractivity contribution in [3.63, 3.8) is 0 Å². The van der Waals surface area contributed by atoms with Crippen molar-refractivity contribution in [2.75, 3.05) is 0 Å². The standard InChI is InChI=1S/C43H29N5O/c1-46-38-24-10-7-21-35(38)45-42(46)28-13-11-17-31(25-28)49-32-18-12-16-30(26-32)48-37-23-9-6-20-34(37)41-40-33-19-5-8-22-36(33)47(29-14-3-2-4-15-29)39(40)27-44-43(41)48/h2-27H,1H3. The molecule has 0 aliphatic heterocycles. The van der Waals surface area contributed by atoms with Crippen molar-refractivity contribution in [2.45, 2.75) is 0 Å². The van der Waals surface area contributed by atoms with Crippen LogP contribution in [0.15, 0.2) is 158 Å². The summed E-state index contributed by atoms with van der Waals surface area (Å²) in [6.07, 6.45) is 2.02. The highest BCUT2D eigenvalue weighted by Crippen LogP contribution is 2.41. The van der Waals surface area contributed by atoms with Crippen LogP contribution in [0.4, 0.5) is 0 Å². The van der Waals surface area contributed by atoms with E-state index >= 15 is 0 Å². The van der Waals surface area contributed by atoms with Gasteiger partial charge in [-0.05, 0) is 60.7 Å². The largest absolute Gasteiger partial charge is 0.457 e. The van der Waals surface area contributed by atoms with Gasteiger partial charge < -0.3 is 13.9 Å². The minimum Gasteiger partial charge on any atom is -0.457 e. The van der Waals surface area contributed by atoms with Crippen molar-refractivity contribution in [1.29, 1.82) is 0 Å². The lowest BCUT2D eigenvalue weighted by Crippen LogP contribution is -1.97. The van der Waals surface area contributed by atoms with Crippen LogP contribution in [0, 0.1) is 0 Å². The van der Waals surface area contributed by atoms with Crippen molar-refractivity contribution in [1.82, 2.24) is 23.7 Å². The average molecular weight is 632 g/mol. The molecule has 6 aromatic carbocycles. The summed E-state index contributed by atoms with van der Waals surface area (Å²) >= 11 is 0. The highest BCUT2D eigenvalue weighted by molar-refractivity contribution is 6.27. The number of imidazole rings is 1. The van der Waals surface area contributed by atoms with Crippen LogP contribution in [-0.4, -0.2) is 23.7 Å². The van der Waals surface area contributed by atoms with E-state index in [-0.39, 0.29) is 0 Å².